The molecule has 0 saturated carbocycles. The van der Waals surface area contributed by atoms with Crippen molar-refractivity contribution in [1.29, 1.82) is 0 Å². The minimum Gasteiger partial charge on any atom is -0.506 e. The standard InChI is InChI=1S/C26H27NO6S/c1-4-9-22(28)27-25-23(26(30)32-5-2)24(29)21(34-25)15-18-12-13-19(20(14-18)31-3)33-16-17-10-7-6-8-11-17/h6-8,10-15,29H,4-5,9,16H2,1-3H3/b21-15-,27-25?. The van der Waals surface area contributed by atoms with Crippen LogP contribution in [0.3, 0.4) is 0 Å². The molecule has 1 aliphatic rings. The van der Waals surface area contributed by atoms with Gasteiger partial charge in [-0.15, -0.1) is 0 Å². The summed E-state index contributed by atoms with van der Waals surface area (Å²) in [5.74, 6) is -0.250. The van der Waals surface area contributed by atoms with E-state index in [1.807, 2.05) is 43.3 Å². The zero-order chi connectivity index (χ0) is 24.5. The molecule has 178 valence electrons. The molecular weight excluding hydrogens is 454 g/mol. The van der Waals surface area contributed by atoms with Crippen LogP contribution in [0.1, 0.15) is 37.8 Å². The molecule has 0 atom stereocenters. The molecule has 2 aromatic rings. The Kier molecular flexibility index (Phi) is 8.93. The molecule has 2 aromatic carbocycles. The molecule has 0 spiro atoms. The van der Waals surface area contributed by atoms with Crippen LogP contribution in [-0.4, -0.2) is 35.7 Å². The summed E-state index contributed by atoms with van der Waals surface area (Å²) in [4.78, 5) is 28.9. The Labute approximate surface area is 203 Å². The van der Waals surface area contributed by atoms with E-state index >= 15 is 0 Å². The predicted octanol–water partition coefficient (Wildman–Crippen LogP) is 5.46. The van der Waals surface area contributed by atoms with E-state index in [1.165, 1.54) is 0 Å². The van der Waals surface area contributed by atoms with E-state index in [4.69, 9.17) is 14.2 Å². The summed E-state index contributed by atoms with van der Waals surface area (Å²) in [5, 5.41) is 10.9. The zero-order valence-corrected chi connectivity index (χ0v) is 20.2. The van der Waals surface area contributed by atoms with Crippen LogP contribution >= 0.6 is 11.8 Å². The first-order valence-corrected chi connectivity index (χ1v) is 11.7. The number of methoxy groups -OCH3 is 1. The molecule has 1 amide bonds. The average molecular weight is 482 g/mol. The van der Waals surface area contributed by atoms with Gasteiger partial charge in [0.25, 0.3) is 0 Å². The third-order valence-electron chi connectivity index (χ3n) is 4.78. The van der Waals surface area contributed by atoms with Crippen LogP contribution in [0.25, 0.3) is 6.08 Å². The van der Waals surface area contributed by atoms with E-state index in [0.29, 0.717) is 35.0 Å². The molecule has 0 bridgehead atoms. The molecule has 0 saturated heterocycles. The molecule has 7 nitrogen and oxygen atoms in total. The van der Waals surface area contributed by atoms with Gasteiger partial charge < -0.3 is 19.3 Å². The average Bonchev–Trinajstić information content (AvgIpc) is 3.13. The summed E-state index contributed by atoms with van der Waals surface area (Å²) >= 11 is 1.05. The van der Waals surface area contributed by atoms with Gasteiger partial charge in [-0.2, -0.15) is 0 Å². The minimum atomic E-state index is -0.721. The van der Waals surface area contributed by atoms with Crippen LogP contribution in [0.2, 0.25) is 0 Å². The van der Waals surface area contributed by atoms with Crippen molar-refractivity contribution in [2.45, 2.75) is 33.3 Å². The molecule has 3 rings (SSSR count). The zero-order valence-electron chi connectivity index (χ0n) is 19.4. The smallest absolute Gasteiger partial charge is 0.344 e. The van der Waals surface area contributed by atoms with Gasteiger partial charge in [0, 0.05) is 6.42 Å². The summed E-state index contributed by atoms with van der Waals surface area (Å²) < 4.78 is 16.4. The van der Waals surface area contributed by atoms with Gasteiger partial charge in [0.2, 0.25) is 5.91 Å². The molecule has 0 aromatic heterocycles. The van der Waals surface area contributed by atoms with Crippen LogP contribution < -0.4 is 9.47 Å². The lowest BCUT2D eigenvalue weighted by molar-refractivity contribution is -0.138. The highest BCUT2D eigenvalue weighted by Gasteiger charge is 2.33. The number of esters is 1. The van der Waals surface area contributed by atoms with E-state index < -0.39 is 5.97 Å². The number of amides is 1. The molecule has 1 N–H and O–H groups in total. The van der Waals surface area contributed by atoms with Crippen LogP contribution in [0.5, 0.6) is 11.5 Å². The number of nitrogens with zero attached hydrogens (tertiary/aromatic N) is 1. The van der Waals surface area contributed by atoms with Gasteiger partial charge in [-0.1, -0.05) is 55.1 Å². The van der Waals surface area contributed by atoms with Crippen LogP contribution in [0.4, 0.5) is 0 Å². The number of aliphatic hydroxyl groups excluding tert-OH is 1. The Morgan fingerprint density at radius 3 is 2.53 bits per heavy atom. The molecule has 0 unspecified atom stereocenters. The Bertz CT molecular complexity index is 1140. The van der Waals surface area contributed by atoms with Gasteiger partial charge in [0.1, 0.15) is 23.0 Å². The third kappa shape index (κ3) is 6.29. The van der Waals surface area contributed by atoms with Gasteiger partial charge in [-0.3, -0.25) is 4.79 Å². The maximum Gasteiger partial charge on any atom is 0.344 e. The van der Waals surface area contributed by atoms with E-state index in [9.17, 15) is 14.7 Å². The van der Waals surface area contributed by atoms with Crippen molar-refractivity contribution in [1.82, 2.24) is 0 Å². The van der Waals surface area contributed by atoms with Crippen LogP contribution in [-0.2, 0) is 20.9 Å². The second-order valence-corrected chi connectivity index (χ2v) is 8.33. The number of benzene rings is 2. The normalized spacial score (nSPS) is 15.6. The van der Waals surface area contributed by atoms with Gasteiger partial charge in [0.15, 0.2) is 11.5 Å². The molecule has 1 heterocycles. The lowest BCUT2D eigenvalue weighted by Gasteiger charge is -2.11. The summed E-state index contributed by atoms with van der Waals surface area (Å²) in [6.45, 7) is 4.06. The largest absolute Gasteiger partial charge is 0.506 e. The first kappa shape index (κ1) is 25.1. The lowest BCUT2D eigenvalue weighted by atomic mass is 10.1. The summed E-state index contributed by atoms with van der Waals surface area (Å²) in [6, 6.07) is 15.1. The van der Waals surface area contributed by atoms with Crippen LogP contribution in [0, 0.1) is 0 Å². The number of aliphatic hydroxyl groups is 1. The highest BCUT2D eigenvalue weighted by molar-refractivity contribution is 8.18. The van der Waals surface area contributed by atoms with Crippen molar-refractivity contribution in [2.75, 3.05) is 13.7 Å². The summed E-state index contributed by atoms with van der Waals surface area (Å²) in [7, 11) is 1.55. The van der Waals surface area contributed by atoms with E-state index in [-0.39, 0.29) is 35.3 Å². The second-order valence-electron chi connectivity index (χ2n) is 7.30. The first-order valence-electron chi connectivity index (χ1n) is 10.9. The Morgan fingerprint density at radius 2 is 1.85 bits per heavy atom. The fourth-order valence-electron chi connectivity index (χ4n) is 3.15. The Morgan fingerprint density at radius 1 is 1.09 bits per heavy atom. The lowest BCUT2D eigenvalue weighted by Crippen LogP contribution is -2.14. The number of carbonyl (C=O) groups is 2. The number of rotatable bonds is 9. The van der Waals surface area contributed by atoms with Crippen molar-refractivity contribution in [3.8, 4) is 11.5 Å². The molecule has 0 radical (unpaired) electrons. The Hall–Kier alpha value is -3.52. The van der Waals surface area contributed by atoms with Crippen molar-refractivity contribution >= 4 is 34.8 Å². The molecule has 1 aliphatic heterocycles. The van der Waals surface area contributed by atoms with Crippen molar-refractivity contribution in [3.05, 3.63) is 75.9 Å². The van der Waals surface area contributed by atoms with Crippen molar-refractivity contribution in [2.24, 2.45) is 4.99 Å². The predicted molar refractivity (Wildman–Crippen MR) is 133 cm³/mol. The topological polar surface area (TPSA) is 94.4 Å². The number of hydrogen-bond donors (Lipinski definition) is 1. The molecule has 8 heteroatoms. The number of aliphatic imine (C=N–C) groups is 1. The maximum atomic E-state index is 12.4. The molecule has 34 heavy (non-hydrogen) atoms. The van der Waals surface area contributed by atoms with E-state index in [2.05, 4.69) is 4.99 Å². The monoisotopic (exact) mass is 481 g/mol. The van der Waals surface area contributed by atoms with Crippen LogP contribution in [0.15, 0.2) is 69.8 Å². The quantitative estimate of drug-likeness (QED) is 0.475. The number of thioether (sulfide) groups is 1. The SMILES string of the molecule is CCCC(=O)N=C1S/C(=C\c2ccc(OCc3ccccc3)c(OC)c2)C(O)=C1C(=O)OCC. The maximum absolute atomic E-state index is 12.4. The minimum absolute atomic E-state index is 0.0997. The fraction of sp³-hybridized carbons (Fsp3) is 0.269. The van der Waals surface area contributed by atoms with Crippen molar-refractivity contribution < 1.29 is 28.9 Å². The van der Waals surface area contributed by atoms with E-state index in [1.54, 1.807) is 32.2 Å². The molecule has 0 fully saturated rings. The number of carbonyl (C=O) groups excluding carboxylic acids is 2. The fourth-order valence-corrected chi connectivity index (χ4v) is 4.19. The molecule has 0 aliphatic carbocycles. The first-order chi connectivity index (χ1) is 16.5. The van der Waals surface area contributed by atoms with Gasteiger partial charge in [0.05, 0.1) is 18.6 Å². The van der Waals surface area contributed by atoms with Gasteiger partial charge in [-0.05, 0) is 42.7 Å². The van der Waals surface area contributed by atoms with Gasteiger partial charge in [-0.25, -0.2) is 9.79 Å². The Balaban J connectivity index is 1.88. The summed E-state index contributed by atoms with van der Waals surface area (Å²) in [5.41, 5.74) is 1.64. The number of ether oxygens (including phenoxy) is 3. The highest BCUT2D eigenvalue weighted by atomic mass is 32.2. The number of hydrogen-bond acceptors (Lipinski definition) is 7. The second kappa shape index (κ2) is 12.1. The highest BCUT2D eigenvalue weighted by Crippen LogP contribution is 2.40. The van der Waals surface area contributed by atoms with E-state index in [0.717, 1.165) is 17.3 Å². The van der Waals surface area contributed by atoms with Gasteiger partial charge >= 0.3 is 5.97 Å². The summed E-state index contributed by atoms with van der Waals surface area (Å²) in [6.07, 6.45) is 2.57. The van der Waals surface area contributed by atoms with Crippen molar-refractivity contribution in [3.63, 3.8) is 0 Å². The third-order valence-corrected chi connectivity index (χ3v) is 5.80. The molecular formula is C26H27NO6S.